The number of carbonyl (C=O) groups is 3. The van der Waals surface area contributed by atoms with Crippen LogP contribution < -0.4 is 10.1 Å². The molecule has 9 nitrogen and oxygen atoms in total. The molecule has 0 spiro atoms. The van der Waals surface area contributed by atoms with Crippen LogP contribution in [0.15, 0.2) is 54.9 Å². The fourth-order valence-corrected chi connectivity index (χ4v) is 4.21. The third kappa shape index (κ3) is 4.62. The average Bonchev–Trinajstić information content (AvgIpc) is 3.29. The van der Waals surface area contributed by atoms with Gasteiger partial charge in [0.1, 0.15) is 17.0 Å². The van der Waals surface area contributed by atoms with E-state index in [1.807, 2.05) is 49.4 Å². The van der Waals surface area contributed by atoms with Crippen LogP contribution in [-0.4, -0.2) is 52.0 Å². The Morgan fingerprint density at radius 3 is 2.54 bits per heavy atom. The minimum Gasteiger partial charge on any atom is -0.497 e. The number of esters is 1. The highest BCUT2D eigenvalue weighted by Gasteiger charge is 2.48. The van der Waals surface area contributed by atoms with Crippen molar-refractivity contribution in [2.24, 2.45) is 0 Å². The molecule has 182 valence electrons. The summed E-state index contributed by atoms with van der Waals surface area (Å²) in [6.45, 7) is 4.30. The normalized spacial score (nSPS) is 17.0. The lowest BCUT2D eigenvalue weighted by molar-refractivity contribution is -0.133. The van der Waals surface area contributed by atoms with Crippen LogP contribution in [0.4, 0.5) is 0 Å². The number of nitrogens with one attached hydrogen (secondary N) is 1. The first-order valence-electron chi connectivity index (χ1n) is 11.2. The van der Waals surface area contributed by atoms with Crippen molar-refractivity contribution in [3.63, 3.8) is 0 Å². The van der Waals surface area contributed by atoms with Crippen LogP contribution in [0.3, 0.4) is 0 Å². The van der Waals surface area contributed by atoms with E-state index in [9.17, 15) is 14.4 Å². The van der Waals surface area contributed by atoms with Gasteiger partial charge < -0.3 is 24.3 Å². The Balaban J connectivity index is 1.69. The Labute approximate surface area is 203 Å². The standard InChI is InChI=1S/C26H28N4O5/c1-17-8-10-18(11-9-17)13-27-25(33)26(2)15-29-16-28-21(24(32)35-4)22(29)23(31)30(26)14-19-6-5-7-20(12-19)34-3/h5-12,16H,13-15H2,1-4H3,(H,27,33)/t26-/m0/s1. The zero-order valence-corrected chi connectivity index (χ0v) is 20.2. The minimum absolute atomic E-state index is 0.0738. The van der Waals surface area contributed by atoms with Gasteiger partial charge in [-0.25, -0.2) is 9.78 Å². The molecule has 1 atom stereocenters. The first kappa shape index (κ1) is 24.0. The zero-order valence-electron chi connectivity index (χ0n) is 20.2. The molecule has 2 amide bonds. The summed E-state index contributed by atoms with van der Waals surface area (Å²) in [6, 6.07) is 15.2. The molecule has 2 aromatic carbocycles. The number of aryl methyl sites for hydroxylation is 1. The summed E-state index contributed by atoms with van der Waals surface area (Å²) in [7, 11) is 2.80. The topological polar surface area (TPSA) is 103 Å². The number of ether oxygens (including phenoxy) is 2. The van der Waals surface area contributed by atoms with E-state index in [0.717, 1.165) is 16.7 Å². The fraction of sp³-hybridized carbons (Fsp3) is 0.308. The van der Waals surface area contributed by atoms with Crippen molar-refractivity contribution in [2.45, 2.75) is 39.0 Å². The lowest BCUT2D eigenvalue weighted by Gasteiger charge is -2.43. The second kappa shape index (κ2) is 9.61. The van der Waals surface area contributed by atoms with E-state index in [1.54, 1.807) is 24.7 Å². The molecule has 0 bridgehead atoms. The number of hydrogen-bond donors (Lipinski definition) is 1. The van der Waals surface area contributed by atoms with Crippen molar-refractivity contribution in [1.29, 1.82) is 0 Å². The molecule has 35 heavy (non-hydrogen) atoms. The van der Waals surface area contributed by atoms with Gasteiger partial charge in [-0.3, -0.25) is 9.59 Å². The van der Waals surface area contributed by atoms with E-state index < -0.39 is 17.4 Å². The van der Waals surface area contributed by atoms with Gasteiger partial charge in [0.05, 0.1) is 27.1 Å². The summed E-state index contributed by atoms with van der Waals surface area (Å²) < 4.78 is 11.7. The molecule has 1 N–H and O–H groups in total. The summed E-state index contributed by atoms with van der Waals surface area (Å²) in [5, 5.41) is 2.98. The van der Waals surface area contributed by atoms with E-state index in [1.165, 1.54) is 18.3 Å². The average molecular weight is 477 g/mol. The van der Waals surface area contributed by atoms with Crippen LogP contribution in [0.25, 0.3) is 0 Å². The molecular weight excluding hydrogens is 448 g/mol. The Morgan fingerprint density at radius 1 is 1.11 bits per heavy atom. The van der Waals surface area contributed by atoms with Crippen molar-refractivity contribution in [3.05, 3.63) is 82.9 Å². The number of rotatable bonds is 7. The monoisotopic (exact) mass is 476 g/mol. The summed E-state index contributed by atoms with van der Waals surface area (Å²) >= 11 is 0. The van der Waals surface area contributed by atoms with Gasteiger partial charge >= 0.3 is 5.97 Å². The maximum absolute atomic E-state index is 13.8. The molecule has 9 heteroatoms. The van der Waals surface area contributed by atoms with Crippen LogP contribution in [0.2, 0.25) is 0 Å². The predicted molar refractivity (Wildman–Crippen MR) is 128 cm³/mol. The van der Waals surface area contributed by atoms with Gasteiger partial charge in [-0.05, 0) is 37.1 Å². The van der Waals surface area contributed by atoms with E-state index in [4.69, 9.17) is 9.47 Å². The van der Waals surface area contributed by atoms with Gasteiger partial charge in [-0.1, -0.05) is 42.0 Å². The number of hydrogen-bond acceptors (Lipinski definition) is 6. The highest BCUT2D eigenvalue weighted by Crippen LogP contribution is 2.31. The highest BCUT2D eigenvalue weighted by atomic mass is 16.5. The molecule has 1 aromatic heterocycles. The number of imidazole rings is 1. The Hall–Kier alpha value is -4.14. The van der Waals surface area contributed by atoms with Crippen molar-refractivity contribution in [3.8, 4) is 5.75 Å². The van der Waals surface area contributed by atoms with Crippen LogP contribution >= 0.6 is 0 Å². The number of nitrogens with zero attached hydrogens (tertiary/aromatic N) is 3. The Morgan fingerprint density at radius 2 is 1.86 bits per heavy atom. The second-order valence-corrected chi connectivity index (χ2v) is 8.75. The first-order chi connectivity index (χ1) is 16.8. The molecule has 0 saturated heterocycles. The summed E-state index contributed by atoms with van der Waals surface area (Å²) in [5.74, 6) is -0.864. The van der Waals surface area contributed by atoms with E-state index >= 15 is 0 Å². The van der Waals surface area contributed by atoms with Gasteiger partial charge in [0.25, 0.3) is 5.91 Å². The van der Waals surface area contributed by atoms with Gasteiger partial charge in [0, 0.05) is 13.1 Å². The summed E-state index contributed by atoms with van der Waals surface area (Å²) in [5.41, 5.74) is 1.64. The lowest BCUT2D eigenvalue weighted by atomic mass is 9.93. The molecule has 0 saturated carbocycles. The van der Waals surface area contributed by atoms with Crippen LogP contribution in [-0.2, 0) is 29.2 Å². The predicted octanol–water partition coefficient (Wildman–Crippen LogP) is 2.72. The van der Waals surface area contributed by atoms with Crippen molar-refractivity contribution in [2.75, 3.05) is 14.2 Å². The minimum atomic E-state index is -1.24. The smallest absolute Gasteiger partial charge is 0.359 e. The molecule has 0 unspecified atom stereocenters. The highest BCUT2D eigenvalue weighted by molar-refractivity contribution is 6.06. The van der Waals surface area contributed by atoms with E-state index in [-0.39, 0.29) is 30.4 Å². The molecule has 0 radical (unpaired) electrons. The number of aromatic nitrogens is 2. The molecular formula is C26H28N4O5. The molecule has 1 aliphatic heterocycles. The molecule has 3 aromatic rings. The fourth-order valence-electron chi connectivity index (χ4n) is 4.21. The van der Waals surface area contributed by atoms with E-state index in [2.05, 4.69) is 10.3 Å². The largest absolute Gasteiger partial charge is 0.497 e. The molecule has 1 aliphatic rings. The summed E-state index contributed by atoms with van der Waals surface area (Å²) in [4.78, 5) is 45.2. The zero-order chi connectivity index (χ0) is 25.2. The van der Waals surface area contributed by atoms with Crippen LogP contribution in [0.1, 0.15) is 44.6 Å². The number of amides is 2. The lowest BCUT2D eigenvalue weighted by Crippen LogP contribution is -2.63. The van der Waals surface area contributed by atoms with E-state index in [0.29, 0.717) is 12.3 Å². The molecule has 0 fully saturated rings. The number of benzene rings is 2. The van der Waals surface area contributed by atoms with Crippen molar-refractivity contribution >= 4 is 17.8 Å². The quantitative estimate of drug-likeness (QED) is 0.526. The maximum Gasteiger partial charge on any atom is 0.359 e. The van der Waals surface area contributed by atoms with Gasteiger partial charge in [0.2, 0.25) is 5.91 Å². The van der Waals surface area contributed by atoms with Crippen LogP contribution in [0, 0.1) is 6.92 Å². The van der Waals surface area contributed by atoms with Crippen LogP contribution in [0.5, 0.6) is 5.75 Å². The SMILES string of the molecule is COC(=O)c1ncn2c1C(=O)N(Cc1cccc(OC)c1)[C@](C)(C(=O)NCc1ccc(C)cc1)C2. The number of methoxy groups -OCH3 is 2. The third-order valence-corrected chi connectivity index (χ3v) is 6.28. The molecule has 0 aliphatic carbocycles. The molecule has 4 rings (SSSR count). The molecule has 2 heterocycles. The second-order valence-electron chi connectivity index (χ2n) is 8.75. The summed E-state index contributed by atoms with van der Waals surface area (Å²) in [6.07, 6.45) is 1.40. The Kier molecular flexibility index (Phi) is 6.59. The first-order valence-corrected chi connectivity index (χ1v) is 11.2. The third-order valence-electron chi connectivity index (χ3n) is 6.28. The Bertz CT molecular complexity index is 1270. The van der Waals surface area contributed by atoms with Crippen molar-refractivity contribution < 1.29 is 23.9 Å². The van der Waals surface area contributed by atoms with Gasteiger partial charge in [-0.15, -0.1) is 0 Å². The van der Waals surface area contributed by atoms with Gasteiger partial charge in [-0.2, -0.15) is 0 Å². The number of carbonyl (C=O) groups excluding carboxylic acids is 3. The maximum atomic E-state index is 13.8. The van der Waals surface area contributed by atoms with Gasteiger partial charge in [0.15, 0.2) is 5.69 Å². The van der Waals surface area contributed by atoms with Crippen molar-refractivity contribution in [1.82, 2.24) is 19.8 Å². The number of fused-ring (bicyclic) bond motifs is 1.